The van der Waals surface area contributed by atoms with Crippen LogP contribution in [0.4, 0.5) is 0 Å². The van der Waals surface area contributed by atoms with Crippen LogP contribution in [0.5, 0.6) is 17.2 Å². The minimum Gasteiger partial charge on any atom is -0.497 e. The van der Waals surface area contributed by atoms with Crippen LogP contribution in [0.2, 0.25) is 0 Å². The van der Waals surface area contributed by atoms with Gasteiger partial charge in [-0.2, -0.15) is 0 Å². The number of benzene rings is 2. The lowest BCUT2D eigenvalue weighted by molar-refractivity contribution is 0.0821. The molecule has 8 heteroatoms. The van der Waals surface area contributed by atoms with E-state index < -0.39 is 6.10 Å². The van der Waals surface area contributed by atoms with Crippen LogP contribution in [0, 0.1) is 0 Å². The van der Waals surface area contributed by atoms with Crippen molar-refractivity contribution in [3.63, 3.8) is 0 Å². The van der Waals surface area contributed by atoms with E-state index in [0.717, 1.165) is 0 Å². The number of Topliss-reactive ketones (excluding diaryl/α,β-unsaturated/α-hetero) is 1. The van der Waals surface area contributed by atoms with Crippen molar-refractivity contribution < 1.29 is 19.0 Å². The summed E-state index contributed by atoms with van der Waals surface area (Å²) in [6.45, 7) is 6.53. The molecule has 2 heterocycles. The molecule has 0 saturated heterocycles. The molecule has 1 aromatic heterocycles. The number of aromatic nitrogens is 3. The monoisotopic (exact) mass is 437 g/mol. The first-order valence-corrected chi connectivity index (χ1v) is 10.8. The lowest BCUT2D eigenvalue weighted by Crippen LogP contribution is -2.25. The molecule has 0 saturated carbocycles. The van der Waals surface area contributed by atoms with Crippen molar-refractivity contribution in [3.05, 3.63) is 72.6 Å². The normalized spacial score (nSPS) is 15.9. The first-order chi connectivity index (χ1) is 15.1. The third-order valence-corrected chi connectivity index (χ3v) is 5.96. The van der Waals surface area contributed by atoms with E-state index >= 15 is 0 Å². The van der Waals surface area contributed by atoms with Gasteiger partial charge in [-0.1, -0.05) is 30.0 Å². The average Bonchev–Trinajstić information content (AvgIpc) is 3.20. The Morgan fingerprint density at radius 2 is 2.00 bits per heavy atom. The second kappa shape index (κ2) is 9.26. The molecular formula is C23H23N3O4S. The third-order valence-electron chi connectivity index (χ3n) is 4.88. The second-order valence-electron chi connectivity index (χ2n) is 6.96. The summed E-state index contributed by atoms with van der Waals surface area (Å²) in [6.07, 6.45) is 1.37. The van der Waals surface area contributed by atoms with Crippen LogP contribution in [-0.2, 0) is 6.54 Å². The fourth-order valence-electron chi connectivity index (χ4n) is 3.27. The number of hydrogen-bond donors (Lipinski definition) is 0. The highest BCUT2D eigenvalue weighted by atomic mass is 32.2. The van der Waals surface area contributed by atoms with Gasteiger partial charge in [-0.25, -0.2) is 0 Å². The third kappa shape index (κ3) is 4.44. The molecule has 0 aliphatic carbocycles. The zero-order valence-electron chi connectivity index (χ0n) is 17.4. The number of carbonyl (C=O) groups is 1. The Morgan fingerprint density at radius 3 is 2.71 bits per heavy atom. The Labute approximate surface area is 185 Å². The predicted octanol–water partition coefficient (Wildman–Crippen LogP) is 4.35. The highest BCUT2D eigenvalue weighted by molar-refractivity contribution is 8.00. The van der Waals surface area contributed by atoms with Crippen LogP contribution < -0.4 is 14.2 Å². The number of fused-ring (bicyclic) bond motifs is 1. The van der Waals surface area contributed by atoms with Crippen molar-refractivity contribution in [1.29, 1.82) is 0 Å². The molecule has 31 heavy (non-hydrogen) atoms. The molecule has 7 nitrogen and oxygen atoms in total. The van der Waals surface area contributed by atoms with Gasteiger partial charge in [0.2, 0.25) is 0 Å². The van der Waals surface area contributed by atoms with Crippen LogP contribution >= 0.6 is 11.8 Å². The van der Waals surface area contributed by atoms with Gasteiger partial charge in [-0.3, -0.25) is 9.36 Å². The van der Waals surface area contributed by atoms with Crippen molar-refractivity contribution in [1.82, 2.24) is 14.8 Å². The lowest BCUT2D eigenvalue weighted by Gasteiger charge is -2.26. The summed E-state index contributed by atoms with van der Waals surface area (Å²) in [7, 11) is 1.60. The summed E-state index contributed by atoms with van der Waals surface area (Å²) >= 11 is 1.36. The molecule has 2 atom stereocenters. The van der Waals surface area contributed by atoms with Crippen molar-refractivity contribution >= 4 is 17.5 Å². The van der Waals surface area contributed by atoms with Crippen molar-refractivity contribution in [2.24, 2.45) is 0 Å². The molecular weight excluding hydrogens is 414 g/mol. The molecule has 0 spiro atoms. The van der Waals surface area contributed by atoms with Gasteiger partial charge in [0, 0.05) is 12.1 Å². The number of methoxy groups -OCH3 is 1. The van der Waals surface area contributed by atoms with E-state index in [0.29, 0.717) is 46.9 Å². The van der Waals surface area contributed by atoms with Crippen LogP contribution in [-0.4, -0.2) is 39.5 Å². The first-order valence-electron chi connectivity index (χ1n) is 9.88. The molecule has 0 bridgehead atoms. The van der Waals surface area contributed by atoms with E-state index in [9.17, 15) is 4.79 Å². The Balaban J connectivity index is 1.53. The molecule has 3 aromatic rings. The number of hydrogen-bond acceptors (Lipinski definition) is 7. The standard InChI is InChI=1S/C23H23N3O4S/c1-4-13-26-22(20-14-29-18-7-5-6-8-19(18)30-20)24-25-23(26)31-15(2)21(27)16-9-11-17(28-3)12-10-16/h4-12,15,20H,1,13-14H2,2-3H3/t15-,20-/m0/s1. The number of rotatable bonds is 8. The van der Waals surface area contributed by atoms with Crippen molar-refractivity contribution in [2.45, 2.75) is 30.0 Å². The average molecular weight is 438 g/mol. The maximum absolute atomic E-state index is 12.9. The Morgan fingerprint density at radius 1 is 1.26 bits per heavy atom. The Bertz CT molecular complexity index is 1080. The molecule has 0 N–H and O–H groups in total. The molecule has 0 radical (unpaired) electrons. The maximum atomic E-state index is 12.9. The molecule has 0 fully saturated rings. The maximum Gasteiger partial charge on any atom is 0.192 e. The largest absolute Gasteiger partial charge is 0.497 e. The number of carbonyl (C=O) groups excluding carboxylic acids is 1. The number of allylic oxidation sites excluding steroid dienone is 1. The van der Waals surface area contributed by atoms with Gasteiger partial charge in [0.15, 0.2) is 34.4 Å². The van der Waals surface area contributed by atoms with Gasteiger partial charge in [-0.05, 0) is 43.3 Å². The molecule has 1 aliphatic rings. The number of thioether (sulfide) groups is 1. The molecule has 0 amide bonds. The van der Waals surface area contributed by atoms with Gasteiger partial charge in [0.05, 0.1) is 12.4 Å². The lowest BCUT2D eigenvalue weighted by atomic mass is 10.1. The van der Waals surface area contributed by atoms with Crippen LogP contribution in [0.1, 0.15) is 29.2 Å². The number of ether oxygens (including phenoxy) is 3. The molecule has 1 aliphatic heterocycles. The zero-order chi connectivity index (χ0) is 21.8. The van der Waals surface area contributed by atoms with Gasteiger partial charge in [-0.15, -0.1) is 16.8 Å². The van der Waals surface area contributed by atoms with Crippen LogP contribution in [0.25, 0.3) is 0 Å². The van der Waals surface area contributed by atoms with Gasteiger partial charge in [0.1, 0.15) is 12.4 Å². The molecule has 2 aromatic carbocycles. The number of ketones is 1. The number of nitrogens with zero attached hydrogens (tertiary/aromatic N) is 3. The highest BCUT2D eigenvalue weighted by Gasteiger charge is 2.29. The minimum atomic E-state index is -0.399. The van der Waals surface area contributed by atoms with Gasteiger partial charge >= 0.3 is 0 Å². The summed E-state index contributed by atoms with van der Waals surface area (Å²) in [5, 5.41) is 8.96. The SMILES string of the molecule is C=CCn1c(S[C@@H](C)C(=O)c2ccc(OC)cc2)nnc1[C@@H]1COc2ccccc2O1. The van der Waals surface area contributed by atoms with E-state index in [1.807, 2.05) is 35.8 Å². The summed E-state index contributed by atoms with van der Waals surface area (Å²) in [5.74, 6) is 2.74. The fourth-order valence-corrected chi connectivity index (χ4v) is 4.22. The summed E-state index contributed by atoms with van der Waals surface area (Å²) in [6, 6.07) is 14.6. The molecule has 160 valence electrons. The van der Waals surface area contributed by atoms with Crippen molar-refractivity contribution in [3.8, 4) is 17.2 Å². The van der Waals surface area contributed by atoms with Crippen molar-refractivity contribution in [2.75, 3.05) is 13.7 Å². The van der Waals surface area contributed by atoms with Crippen LogP contribution in [0.15, 0.2) is 66.3 Å². The zero-order valence-corrected chi connectivity index (χ0v) is 18.2. The fraction of sp³-hybridized carbons (Fsp3) is 0.261. The van der Waals surface area contributed by atoms with E-state index in [1.54, 1.807) is 37.5 Å². The number of para-hydroxylation sites is 2. The highest BCUT2D eigenvalue weighted by Crippen LogP contribution is 2.36. The van der Waals surface area contributed by atoms with Gasteiger partial charge < -0.3 is 14.2 Å². The molecule has 4 rings (SSSR count). The second-order valence-corrected chi connectivity index (χ2v) is 8.27. The smallest absolute Gasteiger partial charge is 0.192 e. The predicted molar refractivity (Wildman–Crippen MR) is 118 cm³/mol. The van der Waals surface area contributed by atoms with Crippen LogP contribution in [0.3, 0.4) is 0 Å². The summed E-state index contributed by atoms with van der Waals surface area (Å²) in [5.41, 5.74) is 0.622. The van der Waals surface area contributed by atoms with Gasteiger partial charge in [0.25, 0.3) is 0 Å². The quantitative estimate of drug-likeness (QED) is 0.295. The minimum absolute atomic E-state index is 0.00790. The van der Waals surface area contributed by atoms with E-state index in [-0.39, 0.29) is 11.0 Å². The molecule has 0 unspecified atom stereocenters. The summed E-state index contributed by atoms with van der Waals surface area (Å²) < 4.78 is 19.0. The van der Waals surface area contributed by atoms with E-state index in [1.165, 1.54) is 11.8 Å². The Hall–Kier alpha value is -3.26. The van der Waals surface area contributed by atoms with E-state index in [2.05, 4.69) is 16.8 Å². The first kappa shape index (κ1) is 21.0. The Kier molecular flexibility index (Phi) is 6.27. The topological polar surface area (TPSA) is 75.5 Å². The summed E-state index contributed by atoms with van der Waals surface area (Å²) in [4.78, 5) is 12.9. The van der Waals surface area contributed by atoms with E-state index in [4.69, 9.17) is 14.2 Å².